The standard InChI is InChI=1S/C16H24N2O2S/c19-14(15-6-3-11-21-15)12-17-7-9-18(10-8-17)16(20)13-4-1-2-5-13/h3,6,11,13-14,19H,1-2,4-5,7-10,12H2/t14-/m1/s1. The molecule has 3 rings (SSSR count). The average molecular weight is 308 g/mol. The molecule has 0 spiro atoms. The van der Waals surface area contributed by atoms with Crippen LogP contribution < -0.4 is 0 Å². The minimum Gasteiger partial charge on any atom is -0.386 e. The Morgan fingerprint density at radius 2 is 2.00 bits per heavy atom. The van der Waals surface area contributed by atoms with Crippen molar-refractivity contribution >= 4 is 17.2 Å². The van der Waals surface area contributed by atoms with Crippen LogP contribution in [0.25, 0.3) is 0 Å². The van der Waals surface area contributed by atoms with Crippen LogP contribution in [0, 0.1) is 5.92 Å². The summed E-state index contributed by atoms with van der Waals surface area (Å²) in [6.07, 6.45) is 4.18. The van der Waals surface area contributed by atoms with E-state index in [1.165, 1.54) is 12.8 Å². The number of piperazine rings is 1. The largest absolute Gasteiger partial charge is 0.386 e. The molecule has 1 aromatic rings. The van der Waals surface area contributed by atoms with Gasteiger partial charge in [0.05, 0.1) is 0 Å². The molecule has 1 N–H and O–H groups in total. The van der Waals surface area contributed by atoms with Gasteiger partial charge in [-0.15, -0.1) is 11.3 Å². The Bertz CT molecular complexity index is 449. The molecular formula is C16H24N2O2S. The summed E-state index contributed by atoms with van der Waals surface area (Å²) in [6.45, 7) is 4.05. The summed E-state index contributed by atoms with van der Waals surface area (Å²) in [5.41, 5.74) is 0. The van der Waals surface area contributed by atoms with Crippen molar-refractivity contribution in [1.82, 2.24) is 9.80 Å². The van der Waals surface area contributed by atoms with Gasteiger partial charge >= 0.3 is 0 Å². The van der Waals surface area contributed by atoms with Gasteiger partial charge in [-0.25, -0.2) is 0 Å². The number of nitrogens with zero attached hydrogens (tertiary/aromatic N) is 2. The molecule has 2 heterocycles. The number of rotatable bonds is 4. The van der Waals surface area contributed by atoms with Gasteiger partial charge in [-0.2, -0.15) is 0 Å². The summed E-state index contributed by atoms with van der Waals surface area (Å²) in [6, 6.07) is 3.95. The van der Waals surface area contributed by atoms with Crippen LogP contribution in [0.5, 0.6) is 0 Å². The first-order chi connectivity index (χ1) is 10.2. The lowest BCUT2D eigenvalue weighted by atomic mass is 10.1. The van der Waals surface area contributed by atoms with Crippen LogP contribution in [0.3, 0.4) is 0 Å². The molecular weight excluding hydrogens is 284 g/mol. The van der Waals surface area contributed by atoms with E-state index in [0.29, 0.717) is 12.5 Å². The van der Waals surface area contributed by atoms with E-state index in [0.717, 1.165) is 43.9 Å². The maximum absolute atomic E-state index is 12.4. The molecule has 0 radical (unpaired) electrons. The van der Waals surface area contributed by atoms with E-state index < -0.39 is 6.10 Å². The van der Waals surface area contributed by atoms with Gasteiger partial charge in [0.1, 0.15) is 6.10 Å². The Kier molecular flexibility index (Phi) is 4.93. The number of thiophene rings is 1. The molecule has 0 aromatic carbocycles. The number of aliphatic hydroxyl groups excluding tert-OH is 1. The Morgan fingerprint density at radius 1 is 1.29 bits per heavy atom. The van der Waals surface area contributed by atoms with Gasteiger partial charge in [0.25, 0.3) is 0 Å². The summed E-state index contributed by atoms with van der Waals surface area (Å²) < 4.78 is 0. The van der Waals surface area contributed by atoms with Crippen molar-refractivity contribution in [3.63, 3.8) is 0 Å². The van der Waals surface area contributed by atoms with Crippen molar-refractivity contribution in [3.8, 4) is 0 Å². The van der Waals surface area contributed by atoms with Gasteiger partial charge in [0, 0.05) is 43.5 Å². The van der Waals surface area contributed by atoms with Crippen molar-refractivity contribution in [2.45, 2.75) is 31.8 Å². The summed E-state index contributed by atoms with van der Waals surface area (Å²) in [7, 11) is 0. The molecule has 1 aliphatic carbocycles. The Hall–Kier alpha value is -0.910. The normalized spacial score (nSPS) is 22.6. The molecule has 1 amide bonds. The minimum atomic E-state index is -0.401. The second-order valence-corrected chi connectivity index (χ2v) is 7.12. The fraction of sp³-hybridized carbons (Fsp3) is 0.688. The van der Waals surface area contributed by atoms with Crippen LogP contribution >= 0.6 is 11.3 Å². The van der Waals surface area contributed by atoms with Crippen LogP contribution in [0.15, 0.2) is 17.5 Å². The number of hydrogen-bond donors (Lipinski definition) is 1. The molecule has 0 bridgehead atoms. The van der Waals surface area contributed by atoms with E-state index in [1.54, 1.807) is 11.3 Å². The SMILES string of the molecule is O=C(C1CCCC1)N1CCN(C[C@@H](O)c2cccs2)CC1. The molecule has 4 nitrogen and oxygen atoms in total. The highest BCUT2D eigenvalue weighted by atomic mass is 32.1. The van der Waals surface area contributed by atoms with Crippen molar-refractivity contribution in [2.24, 2.45) is 5.92 Å². The fourth-order valence-electron chi connectivity index (χ4n) is 3.40. The lowest BCUT2D eigenvalue weighted by Crippen LogP contribution is -2.50. The molecule has 1 aromatic heterocycles. The minimum absolute atomic E-state index is 0.285. The zero-order valence-corrected chi connectivity index (χ0v) is 13.2. The lowest BCUT2D eigenvalue weighted by molar-refractivity contribution is -0.137. The second kappa shape index (κ2) is 6.90. The quantitative estimate of drug-likeness (QED) is 0.926. The highest BCUT2D eigenvalue weighted by molar-refractivity contribution is 7.10. The maximum atomic E-state index is 12.4. The predicted molar refractivity (Wildman–Crippen MR) is 84.3 cm³/mol. The predicted octanol–water partition coefficient (Wildman–Crippen LogP) is 2.12. The van der Waals surface area contributed by atoms with Crippen LogP contribution in [0.4, 0.5) is 0 Å². The Morgan fingerprint density at radius 3 is 2.62 bits per heavy atom. The average Bonchev–Trinajstić information content (AvgIpc) is 3.20. The van der Waals surface area contributed by atoms with E-state index in [2.05, 4.69) is 4.90 Å². The molecule has 1 saturated heterocycles. The van der Waals surface area contributed by atoms with Crippen LogP contribution in [-0.2, 0) is 4.79 Å². The number of amides is 1. The number of β-amino-alcohol motifs (C(OH)–C–C–N with tert-alkyl or cyclic N) is 1. The third kappa shape index (κ3) is 3.65. The van der Waals surface area contributed by atoms with Crippen molar-refractivity contribution in [1.29, 1.82) is 0 Å². The number of carbonyl (C=O) groups is 1. The first kappa shape index (κ1) is 15.0. The third-order valence-corrected chi connectivity index (χ3v) is 5.66. The topological polar surface area (TPSA) is 43.8 Å². The van der Waals surface area contributed by atoms with Gasteiger partial charge in [0.2, 0.25) is 5.91 Å². The third-order valence-electron chi connectivity index (χ3n) is 4.69. The van der Waals surface area contributed by atoms with Gasteiger partial charge in [-0.3, -0.25) is 9.69 Å². The van der Waals surface area contributed by atoms with Crippen LogP contribution in [-0.4, -0.2) is 53.5 Å². The molecule has 0 unspecified atom stereocenters. The van der Waals surface area contributed by atoms with Gasteiger partial charge in [0.15, 0.2) is 0 Å². The highest BCUT2D eigenvalue weighted by Gasteiger charge is 2.29. The van der Waals surface area contributed by atoms with Crippen molar-refractivity contribution < 1.29 is 9.90 Å². The molecule has 1 saturated carbocycles. The smallest absolute Gasteiger partial charge is 0.225 e. The second-order valence-electron chi connectivity index (χ2n) is 6.14. The molecule has 116 valence electrons. The van der Waals surface area contributed by atoms with E-state index in [9.17, 15) is 9.90 Å². The molecule has 2 fully saturated rings. The number of carbonyl (C=O) groups excluding carboxylic acids is 1. The summed E-state index contributed by atoms with van der Waals surface area (Å²) in [4.78, 5) is 17.7. The molecule has 2 aliphatic rings. The van der Waals surface area contributed by atoms with E-state index >= 15 is 0 Å². The Balaban J connectivity index is 1.45. The molecule has 5 heteroatoms. The summed E-state index contributed by atoms with van der Waals surface area (Å²) in [5.74, 6) is 0.652. The van der Waals surface area contributed by atoms with E-state index in [4.69, 9.17) is 0 Å². The highest BCUT2D eigenvalue weighted by Crippen LogP contribution is 2.27. The molecule has 21 heavy (non-hydrogen) atoms. The van der Waals surface area contributed by atoms with Gasteiger partial charge in [-0.1, -0.05) is 18.9 Å². The van der Waals surface area contributed by atoms with Crippen molar-refractivity contribution in [2.75, 3.05) is 32.7 Å². The Labute approximate surface area is 130 Å². The summed E-state index contributed by atoms with van der Waals surface area (Å²) >= 11 is 1.60. The van der Waals surface area contributed by atoms with Crippen molar-refractivity contribution in [3.05, 3.63) is 22.4 Å². The zero-order valence-electron chi connectivity index (χ0n) is 12.4. The van der Waals surface area contributed by atoms with E-state index in [1.807, 2.05) is 22.4 Å². The first-order valence-corrected chi connectivity index (χ1v) is 8.84. The van der Waals surface area contributed by atoms with Gasteiger partial charge in [-0.05, 0) is 24.3 Å². The summed E-state index contributed by atoms with van der Waals surface area (Å²) in [5, 5.41) is 12.2. The van der Waals surface area contributed by atoms with Crippen LogP contribution in [0.1, 0.15) is 36.7 Å². The zero-order chi connectivity index (χ0) is 14.7. The molecule has 1 aliphatic heterocycles. The first-order valence-electron chi connectivity index (χ1n) is 7.96. The lowest BCUT2D eigenvalue weighted by Gasteiger charge is -2.36. The fourth-order valence-corrected chi connectivity index (χ4v) is 4.10. The monoisotopic (exact) mass is 308 g/mol. The van der Waals surface area contributed by atoms with E-state index in [-0.39, 0.29) is 5.92 Å². The molecule has 1 atom stereocenters. The maximum Gasteiger partial charge on any atom is 0.225 e. The van der Waals surface area contributed by atoms with Gasteiger partial charge < -0.3 is 10.0 Å². The number of aliphatic hydroxyl groups is 1. The van der Waals surface area contributed by atoms with Crippen LogP contribution in [0.2, 0.25) is 0 Å². The number of hydrogen-bond acceptors (Lipinski definition) is 4.